The van der Waals surface area contributed by atoms with E-state index in [1.807, 2.05) is 45.0 Å². The molecule has 1 aromatic heterocycles. The lowest BCUT2D eigenvalue weighted by molar-refractivity contribution is 0.232. The molecular formula is C18H24N2O3. The van der Waals surface area contributed by atoms with Gasteiger partial charge in [-0.2, -0.15) is 0 Å². The average Bonchev–Trinajstić information content (AvgIpc) is 2.93. The molecule has 2 aromatic rings. The normalized spacial score (nSPS) is 13.3. The lowest BCUT2D eigenvalue weighted by Crippen LogP contribution is -2.41. The van der Waals surface area contributed by atoms with E-state index in [0.29, 0.717) is 0 Å². The van der Waals surface area contributed by atoms with Crippen LogP contribution in [0.2, 0.25) is 0 Å². The largest absolute Gasteiger partial charge is 0.508 e. The van der Waals surface area contributed by atoms with Gasteiger partial charge in [-0.25, -0.2) is 4.79 Å². The highest BCUT2D eigenvalue weighted by molar-refractivity contribution is 5.74. The fraction of sp³-hybridized carbons (Fsp3) is 0.389. The van der Waals surface area contributed by atoms with E-state index in [2.05, 4.69) is 10.6 Å². The van der Waals surface area contributed by atoms with Crippen molar-refractivity contribution in [3.8, 4) is 5.75 Å². The Bertz CT molecular complexity index is 634. The lowest BCUT2D eigenvalue weighted by Gasteiger charge is -2.17. The molecule has 5 heteroatoms. The minimum Gasteiger partial charge on any atom is -0.508 e. The second kappa shape index (κ2) is 7.72. The molecule has 0 aliphatic rings. The van der Waals surface area contributed by atoms with Gasteiger partial charge in [-0.3, -0.25) is 0 Å². The van der Waals surface area contributed by atoms with Gasteiger partial charge < -0.3 is 20.2 Å². The molecule has 5 nitrogen and oxygen atoms in total. The van der Waals surface area contributed by atoms with Crippen molar-refractivity contribution in [3.05, 3.63) is 53.5 Å². The molecule has 1 aromatic carbocycles. The first kappa shape index (κ1) is 16.9. The van der Waals surface area contributed by atoms with Crippen LogP contribution in [0.3, 0.4) is 0 Å². The van der Waals surface area contributed by atoms with E-state index < -0.39 is 0 Å². The van der Waals surface area contributed by atoms with E-state index in [0.717, 1.165) is 29.9 Å². The number of aryl methyl sites for hydroxylation is 2. The third-order valence-corrected chi connectivity index (χ3v) is 3.72. The lowest BCUT2D eigenvalue weighted by atomic mass is 10.1. The fourth-order valence-electron chi connectivity index (χ4n) is 2.34. The van der Waals surface area contributed by atoms with Gasteiger partial charge in [0.1, 0.15) is 17.3 Å². The second-order valence-corrected chi connectivity index (χ2v) is 5.89. The van der Waals surface area contributed by atoms with E-state index in [1.54, 1.807) is 12.1 Å². The van der Waals surface area contributed by atoms with Crippen molar-refractivity contribution >= 4 is 6.03 Å². The molecule has 0 radical (unpaired) electrons. The number of phenolic OH excluding ortho intramolecular Hbond substituents is 1. The Kier molecular flexibility index (Phi) is 5.68. The minimum absolute atomic E-state index is 0.0503. The number of benzene rings is 1. The number of amides is 2. The van der Waals surface area contributed by atoms with Gasteiger partial charge in [0, 0.05) is 6.04 Å². The third-order valence-electron chi connectivity index (χ3n) is 3.72. The van der Waals surface area contributed by atoms with Gasteiger partial charge in [-0.05, 0) is 63.4 Å². The van der Waals surface area contributed by atoms with Crippen molar-refractivity contribution in [2.24, 2.45) is 0 Å². The van der Waals surface area contributed by atoms with Crippen LogP contribution in [0.1, 0.15) is 43.4 Å². The Hall–Kier alpha value is -2.43. The van der Waals surface area contributed by atoms with E-state index in [9.17, 15) is 9.90 Å². The molecule has 0 saturated carbocycles. The molecular weight excluding hydrogens is 292 g/mol. The number of nitrogens with one attached hydrogen (secondary N) is 2. The zero-order chi connectivity index (χ0) is 16.8. The molecule has 1 heterocycles. The predicted molar refractivity (Wildman–Crippen MR) is 89.4 cm³/mol. The van der Waals surface area contributed by atoms with Gasteiger partial charge in [0.05, 0.1) is 6.04 Å². The van der Waals surface area contributed by atoms with E-state index >= 15 is 0 Å². The summed E-state index contributed by atoms with van der Waals surface area (Å²) in [6.45, 7) is 5.74. The van der Waals surface area contributed by atoms with Crippen molar-refractivity contribution in [2.75, 3.05) is 0 Å². The Balaban J connectivity index is 1.74. The highest BCUT2D eigenvalue weighted by Crippen LogP contribution is 2.15. The van der Waals surface area contributed by atoms with Gasteiger partial charge in [0.25, 0.3) is 0 Å². The van der Waals surface area contributed by atoms with Crippen LogP contribution in [-0.2, 0) is 6.42 Å². The molecule has 0 spiro atoms. The number of aromatic hydroxyl groups is 1. The molecule has 0 saturated heterocycles. The van der Waals surface area contributed by atoms with Crippen LogP contribution in [0.15, 0.2) is 40.8 Å². The molecule has 2 rings (SSSR count). The molecule has 124 valence electrons. The van der Waals surface area contributed by atoms with Gasteiger partial charge in [-0.15, -0.1) is 0 Å². The number of hydrogen-bond acceptors (Lipinski definition) is 3. The summed E-state index contributed by atoms with van der Waals surface area (Å²) in [6.07, 6.45) is 1.67. The standard InChI is InChI=1S/C18H24N2O3/c1-12(4-6-15-7-9-16(21)10-8-15)19-18(22)20-14(3)17-11-5-13(2)23-17/h5,7-12,14,21H,4,6H2,1-3H3,(H2,19,20,22). The first-order chi connectivity index (χ1) is 10.9. The maximum Gasteiger partial charge on any atom is 0.315 e. The highest BCUT2D eigenvalue weighted by Gasteiger charge is 2.14. The summed E-state index contributed by atoms with van der Waals surface area (Å²) in [6, 6.07) is 10.6. The molecule has 23 heavy (non-hydrogen) atoms. The molecule has 0 aliphatic heterocycles. The van der Waals surface area contributed by atoms with Crippen LogP contribution in [0.25, 0.3) is 0 Å². The van der Waals surface area contributed by atoms with Crippen molar-refractivity contribution in [1.82, 2.24) is 10.6 Å². The second-order valence-electron chi connectivity index (χ2n) is 5.89. The van der Waals surface area contributed by atoms with Crippen LogP contribution in [0.4, 0.5) is 4.79 Å². The van der Waals surface area contributed by atoms with Crippen LogP contribution in [0, 0.1) is 6.92 Å². The van der Waals surface area contributed by atoms with E-state index in [1.165, 1.54) is 0 Å². The summed E-state index contributed by atoms with van der Waals surface area (Å²) in [5.74, 6) is 1.84. The first-order valence-corrected chi connectivity index (χ1v) is 7.85. The number of phenols is 1. The summed E-state index contributed by atoms with van der Waals surface area (Å²) in [5.41, 5.74) is 1.14. The third kappa shape index (κ3) is 5.36. The number of urea groups is 1. The number of rotatable bonds is 6. The van der Waals surface area contributed by atoms with Gasteiger partial charge >= 0.3 is 6.03 Å². The summed E-state index contributed by atoms with van der Waals surface area (Å²) in [5, 5.41) is 15.1. The van der Waals surface area contributed by atoms with Crippen molar-refractivity contribution in [2.45, 2.75) is 45.7 Å². The molecule has 2 unspecified atom stereocenters. The maximum absolute atomic E-state index is 12.0. The quantitative estimate of drug-likeness (QED) is 0.761. The first-order valence-electron chi connectivity index (χ1n) is 7.85. The van der Waals surface area contributed by atoms with Crippen LogP contribution in [0.5, 0.6) is 5.75 Å². The molecule has 0 bridgehead atoms. The number of carbonyl (C=O) groups is 1. The number of carbonyl (C=O) groups excluding carboxylic acids is 1. The topological polar surface area (TPSA) is 74.5 Å². The fourth-order valence-corrected chi connectivity index (χ4v) is 2.34. The van der Waals surface area contributed by atoms with Crippen molar-refractivity contribution in [3.63, 3.8) is 0 Å². The van der Waals surface area contributed by atoms with Crippen molar-refractivity contribution in [1.29, 1.82) is 0 Å². The smallest absolute Gasteiger partial charge is 0.315 e. The molecule has 2 amide bonds. The van der Waals surface area contributed by atoms with Crippen LogP contribution >= 0.6 is 0 Å². The SMILES string of the molecule is Cc1ccc(C(C)NC(=O)NC(C)CCc2ccc(O)cc2)o1. The number of hydrogen-bond donors (Lipinski definition) is 3. The molecule has 0 aliphatic carbocycles. The predicted octanol–water partition coefficient (Wildman–Crippen LogP) is 3.68. The average molecular weight is 316 g/mol. The monoisotopic (exact) mass is 316 g/mol. The summed E-state index contributed by atoms with van der Waals surface area (Å²) in [4.78, 5) is 12.0. The minimum atomic E-state index is -0.204. The summed E-state index contributed by atoms with van der Waals surface area (Å²) >= 11 is 0. The summed E-state index contributed by atoms with van der Waals surface area (Å²) < 4.78 is 5.50. The van der Waals surface area contributed by atoms with Crippen LogP contribution < -0.4 is 10.6 Å². The Labute approximate surface area is 136 Å². The zero-order valence-corrected chi connectivity index (χ0v) is 13.8. The Morgan fingerprint density at radius 1 is 1.13 bits per heavy atom. The highest BCUT2D eigenvalue weighted by atomic mass is 16.3. The zero-order valence-electron chi connectivity index (χ0n) is 13.8. The maximum atomic E-state index is 12.0. The number of furan rings is 1. The summed E-state index contributed by atoms with van der Waals surface area (Å²) in [7, 11) is 0. The van der Waals surface area contributed by atoms with Crippen LogP contribution in [-0.4, -0.2) is 17.2 Å². The molecule has 3 N–H and O–H groups in total. The van der Waals surface area contributed by atoms with Gasteiger partial charge in [0.2, 0.25) is 0 Å². The Morgan fingerprint density at radius 3 is 2.43 bits per heavy atom. The van der Waals surface area contributed by atoms with Crippen molar-refractivity contribution < 1.29 is 14.3 Å². The van der Waals surface area contributed by atoms with Gasteiger partial charge in [0.15, 0.2) is 0 Å². The molecule has 2 atom stereocenters. The van der Waals surface area contributed by atoms with E-state index in [4.69, 9.17) is 4.42 Å². The van der Waals surface area contributed by atoms with Gasteiger partial charge in [-0.1, -0.05) is 12.1 Å². The molecule has 0 fully saturated rings. The Morgan fingerprint density at radius 2 is 1.83 bits per heavy atom. The van der Waals surface area contributed by atoms with E-state index in [-0.39, 0.29) is 23.9 Å².